The van der Waals surface area contributed by atoms with Crippen molar-refractivity contribution < 1.29 is 0 Å². The second kappa shape index (κ2) is 5.32. The predicted octanol–water partition coefficient (Wildman–Crippen LogP) is 4.46. The van der Waals surface area contributed by atoms with Gasteiger partial charge in [0.1, 0.15) is 11.6 Å². The predicted molar refractivity (Wildman–Crippen MR) is 84.4 cm³/mol. The fourth-order valence-electron chi connectivity index (χ4n) is 3.31. The van der Waals surface area contributed by atoms with Crippen LogP contribution in [0.4, 0.5) is 0 Å². The zero-order valence-corrected chi connectivity index (χ0v) is 13.6. The molecule has 1 aromatic carbocycles. The van der Waals surface area contributed by atoms with E-state index >= 15 is 0 Å². The summed E-state index contributed by atoms with van der Waals surface area (Å²) in [7, 11) is 0. The first kappa shape index (κ1) is 13.8. The van der Waals surface area contributed by atoms with Crippen molar-refractivity contribution in [1.82, 2.24) is 14.8 Å². The van der Waals surface area contributed by atoms with Crippen LogP contribution >= 0.6 is 15.9 Å². The van der Waals surface area contributed by atoms with Gasteiger partial charge in [-0.3, -0.25) is 4.57 Å². The Bertz CT molecular complexity index is 589. The van der Waals surface area contributed by atoms with Crippen LogP contribution in [0.5, 0.6) is 0 Å². The minimum Gasteiger partial charge on any atom is -0.282 e. The van der Waals surface area contributed by atoms with Crippen molar-refractivity contribution >= 4 is 15.9 Å². The molecule has 20 heavy (non-hydrogen) atoms. The Balaban J connectivity index is 2.11. The lowest BCUT2D eigenvalue weighted by atomic mass is 9.81. The highest BCUT2D eigenvalue weighted by Gasteiger charge is 2.39. The number of rotatable bonds is 3. The van der Waals surface area contributed by atoms with Gasteiger partial charge in [-0.05, 0) is 30.4 Å². The summed E-state index contributed by atoms with van der Waals surface area (Å²) in [5.41, 5.74) is 1.47. The van der Waals surface area contributed by atoms with E-state index in [4.69, 9.17) is 0 Å². The molecule has 2 aromatic rings. The number of aromatic nitrogens is 3. The third-order valence-corrected chi connectivity index (χ3v) is 4.96. The Kier molecular flexibility index (Phi) is 3.67. The van der Waals surface area contributed by atoms with Crippen LogP contribution in [0.3, 0.4) is 0 Å². The number of halogens is 1. The number of benzene rings is 1. The molecule has 0 radical (unpaired) electrons. The van der Waals surface area contributed by atoms with Crippen molar-refractivity contribution in [2.75, 3.05) is 0 Å². The highest BCUT2D eigenvalue weighted by atomic mass is 79.9. The summed E-state index contributed by atoms with van der Waals surface area (Å²) in [6, 6.07) is 10.4. The number of nitrogens with zero attached hydrogens (tertiary/aromatic N) is 3. The monoisotopic (exact) mass is 333 g/mol. The molecule has 1 unspecified atom stereocenters. The summed E-state index contributed by atoms with van der Waals surface area (Å²) in [6.45, 7) is 4.70. The van der Waals surface area contributed by atoms with Crippen LogP contribution in [-0.2, 0) is 5.33 Å². The lowest BCUT2D eigenvalue weighted by Gasteiger charge is -2.26. The third kappa shape index (κ3) is 2.30. The van der Waals surface area contributed by atoms with E-state index in [0.717, 1.165) is 22.7 Å². The standard InChI is InChI=1S/C16H20BrN3/c1-16(2)10-6-9-13(16)15-19-18-14(11-17)20(15)12-7-4-3-5-8-12/h3-5,7-8,13H,6,9-11H2,1-2H3. The molecule has 0 N–H and O–H groups in total. The zero-order chi connectivity index (χ0) is 14.2. The van der Waals surface area contributed by atoms with Gasteiger partial charge in [0.15, 0.2) is 0 Å². The summed E-state index contributed by atoms with van der Waals surface area (Å²) >= 11 is 3.53. The molecule has 1 fully saturated rings. The summed E-state index contributed by atoms with van der Waals surface area (Å²) < 4.78 is 2.23. The molecular weight excluding hydrogens is 314 g/mol. The average Bonchev–Trinajstić information content (AvgIpc) is 3.01. The lowest BCUT2D eigenvalue weighted by molar-refractivity contribution is 0.319. The molecule has 0 saturated heterocycles. The van der Waals surface area contributed by atoms with E-state index in [9.17, 15) is 0 Å². The molecule has 106 valence electrons. The van der Waals surface area contributed by atoms with Gasteiger partial charge in [0.25, 0.3) is 0 Å². The van der Waals surface area contributed by atoms with Crippen molar-refractivity contribution in [1.29, 1.82) is 0 Å². The summed E-state index contributed by atoms with van der Waals surface area (Å²) in [5.74, 6) is 2.59. The molecule has 0 bridgehead atoms. The fourth-order valence-corrected chi connectivity index (χ4v) is 3.67. The summed E-state index contributed by atoms with van der Waals surface area (Å²) in [6.07, 6.45) is 3.76. The van der Waals surface area contributed by atoms with Gasteiger partial charge in [0, 0.05) is 11.6 Å². The number of hydrogen-bond donors (Lipinski definition) is 0. The molecular formula is C16H20BrN3. The molecule has 0 aliphatic heterocycles. The number of hydrogen-bond acceptors (Lipinski definition) is 2. The maximum Gasteiger partial charge on any atom is 0.148 e. The zero-order valence-electron chi connectivity index (χ0n) is 12.0. The minimum atomic E-state index is 0.309. The van der Waals surface area contributed by atoms with Crippen LogP contribution in [0.2, 0.25) is 0 Å². The first-order valence-electron chi connectivity index (χ1n) is 7.19. The largest absolute Gasteiger partial charge is 0.282 e. The summed E-state index contributed by atoms with van der Waals surface area (Å²) in [5, 5.41) is 9.64. The van der Waals surface area contributed by atoms with E-state index in [2.05, 4.69) is 68.8 Å². The molecule has 1 heterocycles. The smallest absolute Gasteiger partial charge is 0.148 e. The quantitative estimate of drug-likeness (QED) is 0.776. The van der Waals surface area contributed by atoms with Gasteiger partial charge >= 0.3 is 0 Å². The number of alkyl halides is 1. The molecule has 0 amide bonds. The molecule has 1 aliphatic carbocycles. The Hall–Kier alpha value is -1.16. The van der Waals surface area contributed by atoms with Gasteiger partial charge in [0.05, 0.1) is 5.33 Å². The SMILES string of the molecule is CC1(C)CCCC1c1nnc(CBr)n1-c1ccccc1. The maximum absolute atomic E-state index is 4.52. The van der Waals surface area contributed by atoms with E-state index in [1.54, 1.807) is 0 Å². The second-order valence-electron chi connectivity index (χ2n) is 6.21. The van der Waals surface area contributed by atoms with Crippen LogP contribution in [-0.4, -0.2) is 14.8 Å². The fraction of sp³-hybridized carbons (Fsp3) is 0.500. The summed E-state index contributed by atoms with van der Waals surface area (Å²) in [4.78, 5) is 0. The van der Waals surface area contributed by atoms with Crippen molar-refractivity contribution in [2.45, 2.75) is 44.4 Å². The van der Waals surface area contributed by atoms with Crippen LogP contribution < -0.4 is 0 Å². The van der Waals surface area contributed by atoms with E-state index in [0.29, 0.717) is 11.3 Å². The van der Waals surface area contributed by atoms with Crippen molar-refractivity contribution in [3.8, 4) is 5.69 Å². The molecule has 0 spiro atoms. The van der Waals surface area contributed by atoms with Gasteiger partial charge < -0.3 is 0 Å². The molecule has 3 nitrogen and oxygen atoms in total. The maximum atomic E-state index is 4.52. The van der Waals surface area contributed by atoms with E-state index < -0.39 is 0 Å². The normalized spacial score (nSPS) is 21.2. The van der Waals surface area contributed by atoms with Crippen LogP contribution in [0.15, 0.2) is 30.3 Å². The Morgan fingerprint density at radius 3 is 2.60 bits per heavy atom. The first-order chi connectivity index (χ1) is 9.63. The van der Waals surface area contributed by atoms with Gasteiger partial charge in [0.2, 0.25) is 0 Å². The third-order valence-electron chi connectivity index (χ3n) is 4.46. The molecule has 1 aromatic heterocycles. The Morgan fingerprint density at radius 2 is 2.00 bits per heavy atom. The van der Waals surface area contributed by atoms with Gasteiger partial charge in [-0.15, -0.1) is 10.2 Å². The van der Waals surface area contributed by atoms with E-state index in [1.807, 2.05) is 6.07 Å². The van der Waals surface area contributed by atoms with Crippen molar-refractivity contribution in [2.24, 2.45) is 5.41 Å². The highest BCUT2D eigenvalue weighted by molar-refractivity contribution is 9.08. The molecule has 1 atom stereocenters. The Labute approximate surface area is 128 Å². The number of para-hydroxylation sites is 1. The minimum absolute atomic E-state index is 0.309. The van der Waals surface area contributed by atoms with Crippen LogP contribution in [0.1, 0.15) is 50.7 Å². The topological polar surface area (TPSA) is 30.7 Å². The first-order valence-corrected chi connectivity index (χ1v) is 8.31. The van der Waals surface area contributed by atoms with Gasteiger partial charge in [-0.1, -0.05) is 54.4 Å². The van der Waals surface area contributed by atoms with E-state index in [-0.39, 0.29) is 0 Å². The van der Waals surface area contributed by atoms with Crippen LogP contribution in [0, 0.1) is 5.41 Å². The van der Waals surface area contributed by atoms with Crippen molar-refractivity contribution in [3.05, 3.63) is 42.0 Å². The second-order valence-corrected chi connectivity index (χ2v) is 6.77. The molecule has 1 saturated carbocycles. The van der Waals surface area contributed by atoms with Gasteiger partial charge in [-0.25, -0.2) is 0 Å². The average molecular weight is 334 g/mol. The lowest BCUT2D eigenvalue weighted by Crippen LogP contribution is -2.19. The molecule has 3 rings (SSSR count). The Morgan fingerprint density at radius 1 is 1.25 bits per heavy atom. The molecule has 4 heteroatoms. The highest BCUT2D eigenvalue weighted by Crippen LogP contribution is 2.48. The molecule has 1 aliphatic rings. The van der Waals surface area contributed by atoms with Crippen LogP contribution in [0.25, 0.3) is 5.69 Å². The van der Waals surface area contributed by atoms with Gasteiger partial charge in [-0.2, -0.15) is 0 Å². The van der Waals surface area contributed by atoms with Crippen molar-refractivity contribution in [3.63, 3.8) is 0 Å². The van der Waals surface area contributed by atoms with E-state index in [1.165, 1.54) is 19.3 Å².